The molecular weight excluding hydrogens is 502 g/mol. The predicted molar refractivity (Wildman–Crippen MR) is 138 cm³/mol. The summed E-state index contributed by atoms with van der Waals surface area (Å²) in [6, 6.07) is 4.86. The van der Waals surface area contributed by atoms with Gasteiger partial charge in [0, 0.05) is 50.7 Å². The van der Waals surface area contributed by atoms with E-state index in [0.717, 1.165) is 75.7 Å². The van der Waals surface area contributed by atoms with Gasteiger partial charge >= 0.3 is 0 Å². The van der Waals surface area contributed by atoms with Gasteiger partial charge in [-0.1, -0.05) is 17.4 Å². The molecule has 1 amide bonds. The third-order valence-corrected chi connectivity index (χ3v) is 8.14. The Bertz CT molecular complexity index is 1110. The van der Waals surface area contributed by atoms with Crippen molar-refractivity contribution in [3.8, 4) is 5.19 Å². The Morgan fingerprint density at radius 2 is 2.03 bits per heavy atom. The second-order valence-electron chi connectivity index (χ2n) is 10.1. The standard InChI is InChI=1S/C26H36F2N4O4S/c1-26(27,28)17-36-25-30-20-16-31(13-11-22(20)37-25)12-10-18-6-8-19(9-7-18)29-24(34)21-4-3-5-23(33)32(21)14-15-35-2/h3-5,18-19H,6-17H2,1-2H3,(H,29,34). The third-order valence-electron chi connectivity index (χ3n) is 7.07. The largest absolute Gasteiger partial charge is 0.464 e. The Hall–Kier alpha value is -2.37. The summed E-state index contributed by atoms with van der Waals surface area (Å²) in [5.41, 5.74) is 1.11. The Morgan fingerprint density at radius 3 is 2.76 bits per heavy atom. The van der Waals surface area contributed by atoms with Crippen molar-refractivity contribution < 1.29 is 23.0 Å². The van der Waals surface area contributed by atoms with Gasteiger partial charge < -0.3 is 19.4 Å². The zero-order valence-corrected chi connectivity index (χ0v) is 22.3. The van der Waals surface area contributed by atoms with Crippen LogP contribution in [0, 0.1) is 5.92 Å². The van der Waals surface area contributed by atoms with Crippen LogP contribution in [0.1, 0.15) is 60.1 Å². The van der Waals surface area contributed by atoms with E-state index in [4.69, 9.17) is 9.47 Å². The molecule has 1 fully saturated rings. The summed E-state index contributed by atoms with van der Waals surface area (Å²) in [5.74, 6) is -2.48. The predicted octanol–water partition coefficient (Wildman–Crippen LogP) is 3.72. The van der Waals surface area contributed by atoms with E-state index in [1.165, 1.54) is 22.0 Å². The number of amides is 1. The first-order valence-electron chi connectivity index (χ1n) is 12.9. The summed E-state index contributed by atoms with van der Waals surface area (Å²) in [5, 5.41) is 3.46. The summed E-state index contributed by atoms with van der Waals surface area (Å²) in [6.45, 7) is 3.53. The number of nitrogens with zero attached hydrogens (tertiary/aromatic N) is 3. The van der Waals surface area contributed by atoms with Gasteiger partial charge in [0.25, 0.3) is 22.6 Å². The zero-order chi connectivity index (χ0) is 26.4. The molecule has 0 aromatic carbocycles. The first-order chi connectivity index (χ1) is 17.7. The van der Waals surface area contributed by atoms with Crippen LogP contribution in [0.3, 0.4) is 0 Å². The van der Waals surface area contributed by atoms with Crippen LogP contribution in [0.4, 0.5) is 8.78 Å². The summed E-state index contributed by atoms with van der Waals surface area (Å²) in [6.07, 6.45) is 5.90. The van der Waals surface area contributed by atoms with Crippen molar-refractivity contribution in [2.45, 2.75) is 70.5 Å². The van der Waals surface area contributed by atoms with E-state index in [-0.39, 0.29) is 17.5 Å². The zero-order valence-electron chi connectivity index (χ0n) is 21.5. The number of ether oxygens (including phenoxy) is 2. The summed E-state index contributed by atoms with van der Waals surface area (Å²) in [4.78, 5) is 33.0. The van der Waals surface area contributed by atoms with Gasteiger partial charge in [0.15, 0.2) is 6.61 Å². The van der Waals surface area contributed by atoms with Gasteiger partial charge in [0.2, 0.25) is 0 Å². The number of hydrogen-bond donors (Lipinski definition) is 1. The monoisotopic (exact) mass is 538 g/mol. The number of hydrogen-bond acceptors (Lipinski definition) is 7. The number of carbonyl (C=O) groups is 1. The summed E-state index contributed by atoms with van der Waals surface area (Å²) >= 11 is 1.38. The average molecular weight is 539 g/mol. The molecule has 37 heavy (non-hydrogen) atoms. The maximum atomic E-state index is 13.1. The Kier molecular flexibility index (Phi) is 9.31. The van der Waals surface area contributed by atoms with Crippen molar-refractivity contribution in [2.75, 3.05) is 33.4 Å². The molecule has 0 spiro atoms. The van der Waals surface area contributed by atoms with Crippen molar-refractivity contribution in [1.82, 2.24) is 19.8 Å². The molecule has 3 heterocycles. The SMILES string of the molecule is COCCn1c(C(=O)NC2CCC(CCN3CCc4sc(OCC(C)(F)F)nc4C3)CC2)cccc1=O. The quantitative estimate of drug-likeness (QED) is 0.470. The van der Waals surface area contributed by atoms with Gasteiger partial charge in [0.05, 0.1) is 12.3 Å². The van der Waals surface area contributed by atoms with Crippen molar-refractivity contribution in [2.24, 2.45) is 5.92 Å². The lowest BCUT2D eigenvalue weighted by Crippen LogP contribution is -2.40. The minimum atomic E-state index is -2.87. The fourth-order valence-corrected chi connectivity index (χ4v) is 5.93. The normalized spacial score (nSPS) is 20.4. The van der Waals surface area contributed by atoms with Crippen molar-refractivity contribution >= 4 is 17.2 Å². The molecule has 8 nitrogen and oxygen atoms in total. The summed E-state index contributed by atoms with van der Waals surface area (Å²) in [7, 11) is 1.57. The first-order valence-corrected chi connectivity index (χ1v) is 13.7. The van der Waals surface area contributed by atoms with Crippen LogP contribution in [-0.4, -0.2) is 65.7 Å². The lowest BCUT2D eigenvalue weighted by molar-refractivity contribution is -0.0230. The van der Waals surface area contributed by atoms with Crippen LogP contribution < -0.4 is 15.6 Å². The van der Waals surface area contributed by atoms with Crippen LogP contribution in [0.15, 0.2) is 23.0 Å². The Labute approximate surface area is 220 Å². The fraction of sp³-hybridized carbons (Fsp3) is 0.654. The molecule has 2 aromatic heterocycles. The van der Waals surface area contributed by atoms with Crippen molar-refractivity contribution in [3.63, 3.8) is 0 Å². The van der Waals surface area contributed by atoms with E-state index in [2.05, 4.69) is 15.2 Å². The number of halogens is 2. The number of thiazole rings is 1. The number of alkyl halides is 2. The van der Waals surface area contributed by atoms with E-state index in [0.29, 0.717) is 30.0 Å². The molecule has 0 atom stereocenters. The number of pyridine rings is 1. The molecule has 1 aliphatic heterocycles. The Balaban J connectivity index is 1.20. The van der Waals surface area contributed by atoms with Crippen molar-refractivity contribution in [3.05, 3.63) is 44.8 Å². The molecule has 11 heteroatoms. The van der Waals surface area contributed by atoms with Gasteiger partial charge in [-0.2, -0.15) is 0 Å². The molecule has 2 aromatic rings. The van der Waals surface area contributed by atoms with Gasteiger partial charge in [-0.15, -0.1) is 0 Å². The van der Waals surface area contributed by atoms with Crippen molar-refractivity contribution in [1.29, 1.82) is 0 Å². The molecule has 4 rings (SSSR count). The number of nitrogens with one attached hydrogen (secondary N) is 1. The average Bonchev–Trinajstić information content (AvgIpc) is 3.28. The van der Waals surface area contributed by atoms with Crippen LogP contribution in [0.5, 0.6) is 5.19 Å². The van der Waals surface area contributed by atoms with Crippen LogP contribution >= 0.6 is 11.3 Å². The van der Waals surface area contributed by atoms with Crippen LogP contribution in [0.2, 0.25) is 0 Å². The lowest BCUT2D eigenvalue weighted by atomic mass is 9.84. The third kappa shape index (κ3) is 7.81. The number of carbonyl (C=O) groups excluding carboxylic acids is 1. The number of rotatable bonds is 11. The molecule has 1 aliphatic carbocycles. The van der Waals surface area contributed by atoms with E-state index in [1.807, 2.05) is 0 Å². The highest BCUT2D eigenvalue weighted by atomic mass is 32.1. The fourth-order valence-electron chi connectivity index (χ4n) is 5.02. The minimum Gasteiger partial charge on any atom is -0.464 e. The molecule has 0 unspecified atom stereocenters. The minimum absolute atomic E-state index is 0.108. The van der Waals surface area contributed by atoms with Gasteiger partial charge in [-0.3, -0.25) is 14.5 Å². The second kappa shape index (κ2) is 12.4. The van der Waals surface area contributed by atoms with Crippen LogP contribution in [-0.2, 0) is 24.2 Å². The van der Waals surface area contributed by atoms with E-state index < -0.39 is 12.5 Å². The number of methoxy groups -OCH3 is 1. The highest BCUT2D eigenvalue weighted by molar-refractivity contribution is 7.13. The van der Waals surface area contributed by atoms with Gasteiger partial charge in [-0.05, 0) is 57.1 Å². The highest BCUT2D eigenvalue weighted by Crippen LogP contribution is 2.32. The lowest BCUT2D eigenvalue weighted by Gasteiger charge is -2.32. The molecule has 0 radical (unpaired) electrons. The second-order valence-corrected chi connectivity index (χ2v) is 11.2. The first kappa shape index (κ1) is 27.7. The van der Waals surface area contributed by atoms with Gasteiger partial charge in [-0.25, -0.2) is 13.8 Å². The Morgan fingerprint density at radius 1 is 1.24 bits per heavy atom. The smallest absolute Gasteiger partial charge is 0.278 e. The summed E-state index contributed by atoms with van der Waals surface area (Å²) < 4.78 is 37.9. The van der Waals surface area contributed by atoms with Crippen LogP contribution in [0.25, 0.3) is 0 Å². The molecule has 1 N–H and O–H groups in total. The molecule has 0 bridgehead atoms. The number of aromatic nitrogens is 2. The molecule has 1 saturated carbocycles. The molecule has 2 aliphatic rings. The number of fused-ring (bicyclic) bond motifs is 1. The maximum absolute atomic E-state index is 13.1. The molecule has 204 valence electrons. The topological polar surface area (TPSA) is 85.7 Å². The maximum Gasteiger partial charge on any atom is 0.278 e. The van der Waals surface area contributed by atoms with E-state index in [9.17, 15) is 18.4 Å². The molecule has 0 saturated heterocycles. The van der Waals surface area contributed by atoms with Gasteiger partial charge in [0.1, 0.15) is 5.69 Å². The highest BCUT2D eigenvalue weighted by Gasteiger charge is 2.27. The van der Waals surface area contributed by atoms with E-state index in [1.54, 1.807) is 19.2 Å². The van der Waals surface area contributed by atoms with E-state index >= 15 is 0 Å². The molecular formula is C26H36F2N4O4S.